The highest BCUT2D eigenvalue weighted by Crippen LogP contribution is 2.31. The number of nitrogens with zero attached hydrogens (tertiary/aromatic N) is 2. The minimum atomic E-state index is -0.377. The van der Waals surface area contributed by atoms with Crippen molar-refractivity contribution in [2.45, 2.75) is 24.6 Å². The van der Waals surface area contributed by atoms with Gasteiger partial charge in [0.2, 0.25) is 11.8 Å². The largest absolute Gasteiger partial charge is 0.369 e. The number of anilines is 1. The second-order valence-electron chi connectivity index (χ2n) is 5.63. The van der Waals surface area contributed by atoms with Crippen LogP contribution in [0.4, 0.5) is 5.13 Å². The van der Waals surface area contributed by atoms with Crippen molar-refractivity contribution in [2.75, 3.05) is 11.1 Å². The van der Waals surface area contributed by atoms with E-state index in [1.165, 1.54) is 23.1 Å². The minimum absolute atomic E-state index is 0.135. The molecule has 0 atom stereocenters. The monoisotopic (exact) mass is 374 g/mol. The molecule has 130 valence electrons. The van der Waals surface area contributed by atoms with Gasteiger partial charge >= 0.3 is 0 Å². The van der Waals surface area contributed by atoms with Crippen LogP contribution in [-0.4, -0.2) is 27.1 Å². The lowest BCUT2D eigenvalue weighted by atomic mass is 10.2. The van der Waals surface area contributed by atoms with Crippen LogP contribution in [0.15, 0.2) is 34.5 Å². The molecule has 0 saturated carbocycles. The summed E-state index contributed by atoms with van der Waals surface area (Å²) in [5, 5.41) is 4.48. The summed E-state index contributed by atoms with van der Waals surface area (Å²) < 4.78 is 2.87. The van der Waals surface area contributed by atoms with Crippen LogP contribution in [-0.2, 0) is 16.1 Å². The van der Waals surface area contributed by atoms with Crippen LogP contribution < -0.4 is 11.1 Å². The fourth-order valence-corrected chi connectivity index (χ4v) is 4.46. The number of benzene rings is 1. The van der Waals surface area contributed by atoms with E-state index < -0.39 is 0 Å². The average molecular weight is 374 g/mol. The van der Waals surface area contributed by atoms with Gasteiger partial charge in [0, 0.05) is 11.2 Å². The van der Waals surface area contributed by atoms with E-state index in [1.807, 2.05) is 42.7 Å². The van der Waals surface area contributed by atoms with Crippen LogP contribution in [0.3, 0.4) is 0 Å². The Morgan fingerprint density at radius 3 is 2.84 bits per heavy atom. The maximum absolute atomic E-state index is 12.4. The molecule has 2 heterocycles. The number of fused-ring (bicyclic) bond motifs is 1. The summed E-state index contributed by atoms with van der Waals surface area (Å²) in [6, 6.07) is 10.0. The molecule has 0 aliphatic rings. The minimum Gasteiger partial charge on any atom is -0.369 e. The summed E-state index contributed by atoms with van der Waals surface area (Å²) in [4.78, 5) is 27.7. The van der Waals surface area contributed by atoms with Crippen molar-refractivity contribution in [3.8, 4) is 0 Å². The molecule has 0 aliphatic heterocycles. The summed E-state index contributed by atoms with van der Waals surface area (Å²) >= 11 is 2.69. The molecular formula is C17H18N4O2S2. The third-order valence-corrected chi connectivity index (χ3v) is 6.12. The molecule has 6 nitrogen and oxygen atoms in total. The van der Waals surface area contributed by atoms with Crippen molar-refractivity contribution < 1.29 is 9.59 Å². The number of aromatic nitrogens is 2. The number of hydrogen-bond acceptors (Lipinski definition) is 5. The number of amides is 2. The SMILES string of the molecule is Cc1nc(NC(=O)Cn2c(C)cc3ccccc32)sc1SCC(N)=O. The quantitative estimate of drug-likeness (QED) is 0.649. The predicted molar refractivity (Wildman–Crippen MR) is 102 cm³/mol. The standard InChI is InChI=1S/C17H18N4O2S2/c1-10-7-12-5-3-4-6-13(12)21(10)8-15(23)20-17-19-11(2)16(25-17)24-9-14(18)22/h3-7H,8-9H2,1-2H3,(H2,18,22)(H,19,20,23). The van der Waals surface area contributed by atoms with E-state index in [9.17, 15) is 9.59 Å². The van der Waals surface area contributed by atoms with E-state index in [2.05, 4.69) is 16.4 Å². The van der Waals surface area contributed by atoms with Gasteiger partial charge < -0.3 is 15.6 Å². The van der Waals surface area contributed by atoms with Crippen LogP contribution in [0.5, 0.6) is 0 Å². The van der Waals surface area contributed by atoms with E-state index in [1.54, 1.807) is 0 Å². The van der Waals surface area contributed by atoms with Crippen LogP contribution in [0.2, 0.25) is 0 Å². The zero-order chi connectivity index (χ0) is 18.0. The van der Waals surface area contributed by atoms with Gasteiger partial charge in [-0.05, 0) is 31.4 Å². The smallest absolute Gasteiger partial charge is 0.246 e. The van der Waals surface area contributed by atoms with E-state index >= 15 is 0 Å². The Hall–Kier alpha value is -2.32. The molecule has 0 aliphatic carbocycles. The molecular weight excluding hydrogens is 356 g/mol. The van der Waals surface area contributed by atoms with Crippen molar-refractivity contribution in [2.24, 2.45) is 5.73 Å². The molecule has 1 aromatic carbocycles. The molecule has 2 amide bonds. The number of para-hydroxylation sites is 1. The zero-order valence-electron chi connectivity index (χ0n) is 13.9. The van der Waals surface area contributed by atoms with Crippen molar-refractivity contribution in [3.63, 3.8) is 0 Å². The van der Waals surface area contributed by atoms with E-state index in [0.29, 0.717) is 5.13 Å². The fourth-order valence-electron chi connectivity index (χ4n) is 2.57. The maximum Gasteiger partial charge on any atom is 0.246 e. The van der Waals surface area contributed by atoms with Crippen LogP contribution in [0.1, 0.15) is 11.4 Å². The Labute approximate surface area is 153 Å². The van der Waals surface area contributed by atoms with Crippen molar-refractivity contribution in [3.05, 3.63) is 41.7 Å². The normalized spacial score (nSPS) is 11.0. The zero-order valence-corrected chi connectivity index (χ0v) is 15.5. The molecule has 0 spiro atoms. The Balaban J connectivity index is 1.71. The number of carbonyl (C=O) groups is 2. The molecule has 0 fully saturated rings. The van der Waals surface area contributed by atoms with E-state index in [4.69, 9.17) is 5.73 Å². The van der Waals surface area contributed by atoms with Gasteiger partial charge in [-0.15, -0.1) is 11.8 Å². The first-order valence-corrected chi connectivity index (χ1v) is 9.47. The number of hydrogen-bond donors (Lipinski definition) is 2. The molecule has 25 heavy (non-hydrogen) atoms. The number of nitrogens with two attached hydrogens (primary N) is 1. The fraction of sp³-hybridized carbons (Fsp3) is 0.235. The molecule has 0 unspecified atom stereocenters. The molecule has 8 heteroatoms. The highest BCUT2D eigenvalue weighted by molar-refractivity contribution is 8.01. The first kappa shape index (κ1) is 17.5. The van der Waals surface area contributed by atoms with Crippen molar-refractivity contribution in [1.82, 2.24) is 9.55 Å². The topological polar surface area (TPSA) is 90.0 Å². The molecule has 0 radical (unpaired) electrons. The molecule has 0 bridgehead atoms. The lowest BCUT2D eigenvalue weighted by molar-refractivity contribution is -0.117. The summed E-state index contributed by atoms with van der Waals surface area (Å²) in [5.74, 6) is -0.312. The third kappa shape index (κ3) is 4.02. The summed E-state index contributed by atoms with van der Waals surface area (Å²) in [6.45, 7) is 4.06. The first-order valence-electron chi connectivity index (χ1n) is 7.67. The third-order valence-electron chi connectivity index (χ3n) is 3.67. The highest BCUT2D eigenvalue weighted by atomic mass is 32.2. The molecule has 3 N–H and O–H groups in total. The Morgan fingerprint density at radius 1 is 1.32 bits per heavy atom. The van der Waals surface area contributed by atoms with Crippen LogP contribution in [0.25, 0.3) is 10.9 Å². The summed E-state index contributed by atoms with van der Waals surface area (Å²) in [5.41, 5.74) is 8.01. The predicted octanol–water partition coefficient (Wildman–Crippen LogP) is 2.93. The van der Waals surface area contributed by atoms with Gasteiger partial charge in [0.25, 0.3) is 0 Å². The molecule has 3 aromatic rings. The first-order chi connectivity index (χ1) is 11.9. The van der Waals surface area contributed by atoms with Gasteiger partial charge in [0.05, 0.1) is 15.7 Å². The number of rotatable bonds is 6. The Kier molecular flexibility index (Phi) is 5.10. The van der Waals surface area contributed by atoms with Gasteiger partial charge in [-0.1, -0.05) is 29.5 Å². The lowest BCUT2D eigenvalue weighted by Gasteiger charge is -2.07. The molecule has 3 rings (SSSR count). The number of primary amides is 1. The second kappa shape index (κ2) is 7.28. The Morgan fingerprint density at radius 2 is 2.08 bits per heavy atom. The Bertz CT molecular complexity index is 945. The molecule has 2 aromatic heterocycles. The van der Waals surface area contributed by atoms with Crippen molar-refractivity contribution >= 4 is 50.9 Å². The van der Waals surface area contributed by atoms with E-state index in [0.717, 1.165) is 26.5 Å². The number of nitrogens with one attached hydrogen (secondary N) is 1. The van der Waals surface area contributed by atoms with Gasteiger partial charge in [-0.2, -0.15) is 0 Å². The van der Waals surface area contributed by atoms with Crippen molar-refractivity contribution in [1.29, 1.82) is 0 Å². The van der Waals surface area contributed by atoms with Crippen LogP contribution in [0, 0.1) is 13.8 Å². The van der Waals surface area contributed by atoms with Gasteiger partial charge in [0.15, 0.2) is 5.13 Å². The van der Waals surface area contributed by atoms with Crippen LogP contribution >= 0.6 is 23.1 Å². The number of carbonyl (C=O) groups excluding carboxylic acids is 2. The van der Waals surface area contributed by atoms with Gasteiger partial charge in [-0.3, -0.25) is 9.59 Å². The maximum atomic E-state index is 12.4. The highest BCUT2D eigenvalue weighted by Gasteiger charge is 2.14. The second-order valence-corrected chi connectivity index (χ2v) is 7.87. The summed E-state index contributed by atoms with van der Waals surface area (Å²) in [7, 11) is 0. The number of aryl methyl sites for hydroxylation is 2. The lowest BCUT2D eigenvalue weighted by Crippen LogP contribution is -2.19. The number of thiazole rings is 1. The van der Waals surface area contributed by atoms with Gasteiger partial charge in [0.1, 0.15) is 6.54 Å². The average Bonchev–Trinajstić information content (AvgIpc) is 3.05. The van der Waals surface area contributed by atoms with E-state index in [-0.39, 0.29) is 24.1 Å². The summed E-state index contributed by atoms with van der Waals surface area (Å²) in [6.07, 6.45) is 0. The molecule has 0 saturated heterocycles. The number of thioether (sulfide) groups is 1. The van der Waals surface area contributed by atoms with Gasteiger partial charge in [-0.25, -0.2) is 4.98 Å².